The Hall–Kier alpha value is -7.04. The molecule has 0 radical (unpaired) electrons. The molecule has 240 valence electrons. The van der Waals surface area contributed by atoms with Gasteiger partial charge < -0.3 is 9.13 Å². The van der Waals surface area contributed by atoms with Crippen molar-refractivity contribution in [1.29, 1.82) is 0 Å². The van der Waals surface area contributed by atoms with Gasteiger partial charge in [0.2, 0.25) is 0 Å². The van der Waals surface area contributed by atoms with E-state index in [0.29, 0.717) is 0 Å². The molecule has 4 aromatic heterocycles. The van der Waals surface area contributed by atoms with E-state index < -0.39 is 0 Å². The van der Waals surface area contributed by atoms with Gasteiger partial charge in [-0.15, -0.1) is 0 Å². The second-order valence-corrected chi connectivity index (χ2v) is 13.8. The second-order valence-electron chi connectivity index (χ2n) is 13.8. The van der Waals surface area contributed by atoms with Crippen LogP contribution in [-0.2, 0) is 0 Å². The fourth-order valence-electron chi connectivity index (χ4n) is 8.98. The van der Waals surface area contributed by atoms with Crippen LogP contribution in [0.3, 0.4) is 0 Å². The zero-order chi connectivity index (χ0) is 33.9. The molecule has 4 heteroatoms. The average Bonchev–Trinajstić information content (AvgIpc) is 3.74. The van der Waals surface area contributed by atoms with Crippen molar-refractivity contribution in [3.63, 3.8) is 0 Å². The Kier molecular flexibility index (Phi) is 5.47. The van der Waals surface area contributed by atoms with Crippen molar-refractivity contribution >= 4 is 97.7 Å². The van der Waals surface area contributed by atoms with Crippen LogP contribution in [0.25, 0.3) is 109 Å². The summed E-state index contributed by atoms with van der Waals surface area (Å²) >= 11 is 0. The molecule has 12 rings (SSSR count). The maximum Gasteiger partial charge on any atom is 0.0969 e. The van der Waals surface area contributed by atoms with Gasteiger partial charge in [0.05, 0.1) is 33.1 Å². The first-order valence-corrected chi connectivity index (χ1v) is 17.8. The highest BCUT2D eigenvalue weighted by molar-refractivity contribution is 6.43. The summed E-state index contributed by atoms with van der Waals surface area (Å²) in [5.41, 5.74) is 8.75. The SMILES string of the molecule is c1ccc2cc(-n3c4cccnc4c4c5ccccc5c5c(c6ccccc6c6c7ncccc7n(-c7ccc8ccccc8c7)c65)c43)ccc2c1. The fraction of sp³-hybridized carbons (Fsp3) is 0. The Morgan fingerprint density at radius 2 is 0.712 bits per heavy atom. The lowest BCUT2D eigenvalue weighted by Crippen LogP contribution is -1.98. The lowest BCUT2D eigenvalue weighted by atomic mass is 9.91. The van der Waals surface area contributed by atoms with Crippen molar-refractivity contribution < 1.29 is 0 Å². The molecule has 0 fully saturated rings. The van der Waals surface area contributed by atoms with E-state index in [1.807, 2.05) is 12.4 Å². The molecule has 0 saturated carbocycles. The fourth-order valence-corrected chi connectivity index (χ4v) is 8.98. The summed E-state index contributed by atoms with van der Waals surface area (Å²) in [5.74, 6) is 0. The van der Waals surface area contributed by atoms with E-state index in [1.165, 1.54) is 75.7 Å². The molecule has 0 aliphatic rings. The van der Waals surface area contributed by atoms with Crippen LogP contribution in [0.4, 0.5) is 0 Å². The average molecular weight is 661 g/mol. The van der Waals surface area contributed by atoms with Crippen LogP contribution < -0.4 is 0 Å². The van der Waals surface area contributed by atoms with Crippen LogP contribution >= 0.6 is 0 Å². The molecule has 52 heavy (non-hydrogen) atoms. The van der Waals surface area contributed by atoms with Crippen LogP contribution in [0.2, 0.25) is 0 Å². The molecule has 0 unspecified atom stereocenters. The lowest BCUT2D eigenvalue weighted by Gasteiger charge is -2.17. The first-order valence-electron chi connectivity index (χ1n) is 17.8. The number of hydrogen-bond acceptors (Lipinski definition) is 2. The summed E-state index contributed by atoms with van der Waals surface area (Å²) in [6.45, 7) is 0. The molecule has 0 spiro atoms. The zero-order valence-electron chi connectivity index (χ0n) is 28.0. The highest BCUT2D eigenvalue weighted by atomic mass is 15.0. The van der Waals surface area contributed by atoms with Crippen LogP contribution in [0, 0.1) is 0 Å². The Balaban J connectivity index is 1.41. The Labute approximate surface area is 297 Å². The predicted octanol–water partition coefficient (Wildman–Crippen LogP) is 12.4. The van der Waals surface area contributed by atoms with Crippen LogP contribution in [0.5, 0.6) is 0 Å². The molecular formula is C48H28N4. The number of nitrogens with zero attached hydrogens (tertiary/aromatic N) is 4. The Morgan fingerprint density at radius 3 is 1.15 bits per heavy atom. The summed E-state index contributed by atoms with van der Waals surface area (Å²) < 4.78 is 4.91. The van der Waals surface area contributed by atoms with Gasteiger partial charge in [0.15, 0.2) is 0 Å². The molecule has 0 aliphatic carbocycles. The smallest absolute Gasteiger partial charge is 0.0969 e. The van der Waals surface area contributed by atoms with Gasteiger partial charge in [0, 0.05) is 45.3 Å². The maximum atomic E-state index is 5.11. The molecule has 4 nitrogen and oxygen atoms in total. The Bertz CT molecular complexity index is 3240. The molecule has 0 atom stereocenters. The van der Waals surface area contributed by atoms with E-state index in [9.17, 15) is 0 Å². The highest BCUT2D eigenvalue weighted by Gasteiger charge is 2.26. The third-order valence-electron chi connectivity index (χ3n) is 11.1. The number of pyridine rings is 2. The topological polar surface area (TPSA) is 35.6 Å². The Morgan fingerprint density at radius 1 is 0.327 bits per heavy atom. The van der Waals surface area contributed by atoms with Crippen molar-refractivity contribution in [2.45, 2.75) is 0 Å². The standard InChI is InChI=1S/C48H28N4/c1-3-13-31-27-33(23-21-29(31)11-1)51-39-19-9-25-49-45(39)43-37-17-7-6-16-36(37)42-41(47(43)51)35-15-5-8-18-38(35)44-46-40(20-10-26-50-46)52(48(42)44)34-24-22-30-12-2-4-14-32(30)28-34/h1-28H. The van der Waals surface area contributed by atoms with E-state index in [-0.39, 0.29) is 0 Å². The third kappa shape index (κ3) is 3.60. The van der Waals surface area contributed by atoms with E-state index in [2.05, 4.69) is 167 Å². The van der Waals surface area contributed by atoms with Gasteiger partial charge in [0.1, 0.15) is 0 Å². The highest BCUT2D eigenvalue weighted by Crippen LogP contribution is 2.49. The summed E-state index contributed by atoms with van der Waals surface area (Å²) in [6, 6.07) is 57.2. The van der Waals surface area contributed by atoms with E-state index in [1.54, 1.807) is 0 Å². The number of rotatable bonds is 2. The molecule has 0 amide bonds. The lowest BCUT2D eigenvalue weighted by molar-refractivity contribution is 1.18. The van der Waals surface area contributed by atoms with E-state index in [0.717, 1.165) is 33.4 Å². The normalized spacial score (nSPS) is 12.2. The minimum Gasteiger partial charge on any atom is -0.307 e. The minimum absolute atomic E-state index is 1.00. The first-order chi connectivity index (χ1) is 25.8. The summed E-state index contributed by atoms with van der Waals surface area (Å²) in [4.78, 5) is 10.2. The zero-order valence-corrected chi connectivity index (χ0v) is 28.0. The first kappa shape index (κ1) is 27.7. The number of hydrogen-bond donors (Lipinski definition) is 0. The second kappa shape index (κ2) is 10.3. The van der Waals surface area contributed by atoms with Gasteiger partial charge in [0.25, 0.3) is 0 Å². The van der Waals surface area contributed by atoms with Crippen LogP contribution in [0.15, 0.2) is 170 Å². The molecule has 0 aliphatic heterocycles. The number of benzene rings is 8. The van der Waals surface area contributed by atoms with Crippen LogP contribution in [-0.4, -0.2) is 19.1 Å². The molecule has 4 heterocycles. The number of fused-ring (bicyclic) bond motifs is 17. The van der Waals surface area contributed by atoms with Gasteiger partial charge in [-0.3, -0.25) is 9.97 Å². The summed E-state index contributed by atoms with van der Waals surface area (Å²) in [5, 5.41) is 14.4. The van der Waals surface area contributed by atoms with Gasteiger partial charge in [-0.05, 0) is 91.6 Å². The molecule has 8 aromatic carbocycles. The van der Waals surface area contributed by atoms with Crippen molar-refractivity contribution in [3.05, 3.63) is 170 Å². The molecule has 0 N–H and O–H groups in total. The van der Waals surface area contributed by atoms with Crippen molar-refractivity contribution in [3.8, 4) is 11.4 Å². The van der Waals surface area contributed by atoms with Crippen molar-refractivity contribution in [1.82, 2.24) is 19.1 Å². The van der Waals surface area contributed by atoms with Gasteiger partial charge >= 0.3 is 0 Å². The summed E-state index contributed by atoms with van der Waals surface area (Å²) in [6.07, 6.45) is 3.85. The number of aromatic nitrogens is 4. The van der Waals surface area contributed by atoms with Gasteiger partial charge in [-0.1, -0.05) is 109 Å². The van der Waals surface area contributed by atoms with E-state index >= 15 is 0 Å². The van der Waals surface area contributed by atoms with Gasteiger partial charge in [-0.2, -0.15) is 0 Å². The monoisotopic (exact) mass is 660 g/mol. The predicted molar refractivity (Wildman–Crippen MR) is 218 cm³/mol. The summed E-state index contributed by atoms with van der Waals surface area (Å²) in [7, 11) is 0. The molecule has 0 bridgehead atoms. The molecule has 12 aromatic rings. The molecular weight excluding hydrogens is 633 g/mol. The van der Waals surface area contributed by atoms with Gasteiger partial charge in [-0.25, -0.2) is 0 Å². The maximum absolute atomic E-state index is 5.11. The molecule has 0 saturated heterocycles. The largest absolute Gasteiger partial charge is 0.307 e. The van der Waals surface area contributed by atoms with Crippen molar-refractivity contribution in [2.75, 3.05) is 0 Å². The third-order valence-corrected chi connectivity index (χ3v) is 11.1. The van der Waals surface area contributed by atoms with Crippen molar-refractivity contribution in [2.24, 2.45) is 0 Å². The minimum atomic E-state index is 1.00. The van der Waals surface area contributed by atoms with E-state index in [4.69, 9.17) is 9.97 Å². The van der Waals surface area contributed by atoms with Crippen LogP contribution in [0.1, 0.15) is 0 Å². The quantitative estimate of drug-likeness (QED) is 0.173.